The number of carboxylic acid groups (broad SMARTS) is 1. The van der Waals surface area contributed by atoms with Gasteiger partial charge in [-0.2, -0.15) is 0 Å². The summed E-state index contributed by atoms with van der Waals surface area (Å²) in [5.74, 6) is -0.922. The minimum absolute atomic E-state index is 0.745. The van der Waals surface area contributed by atoms with Gasteiger partial charge < -0.3 is 10.1 Å². The molecule has 3 heteroatoms. The van der Waals surface area contributed by atoms with Crippen molar-refractivity contribution in [2.75, 3.05) is 0 Å². The van der Waals surface area contributed by atoms with Gasteiger partial charge in [0.05, 0.1) is 0 Å². The first-order chi connectivity index (χ1) is 10.1. The highest BCUT2D eigenvalue weighted by molar-refractivity contribution is 5.90. The van der Waals surface area contributed by atoms with Crippen LogP contribution in [0.4, 0.5) is 0 Å². The molecule has 0 fully saturated rings. The number of rotatable bonds is 3. The van der Waals surface area contributed by atoms with Crippen LogP contribution in [0.1, 0.15) is 12.5 Å². The average Bonchev–Trinajstić information content (AvgIpc) is 2.94. The van der Waals surface area contributed by atoms with Crippen molar-refractivity contribution in [1.82, 2.24) is 4.98 Å². The summed E-state index contributed by atoms with van der Waals surface area (Å²) in [7, 11) is 0. The molecule has 0 spiro atoms. The Labute approximate surface area is 122 Å². The molecule has 0 aliphatic heterocycles. The molecule has 0 aliphatic carbocycles. The molecule has 0 atom stereocenters. The van der Waals surface area contributed by atoms with E-state index in [4.69, 9.17) is 5.11 Å². The number of fused-ring (bicyclic) bond motifs is 1. The van der Waals surface area contributed by atoms with Crippen molar-refractivity contribution < 1.29 is 9.90 Å². The molecule has 0 saturated heterocycles. The number of carbonyl (C=O) groups is 1. The van der Waals surface area contributed by atoms with Crippen molar-refractivity contribution in [3.05, 3.63) is 66.4 Å². The molecule has 0 unspecified atom stereocenters. The van der Waals surface area contributed by atoms with Gasteiger partial charge in [0.1, 0.15) is 0 Å². The Kier molecular flexibility index (Phi) is 3.32. The smallest absolute Gasteiger partial charge is 0.328 e. The molecule has 1 aromatic heterocycles. The molecule has 21 heavy (non-hydrogen) atoms. The fourth-order valence-corrected chi connectivity index (χ4v) is 2.43. The van der Waals surface area contributed by atoms with E-state index >= 15 is 0 Å². The molecule has 0 saturated carbocycles. The summed E-state index contributed by atoms with van der Waals surface area (Å²) < 4.78 is 0. The van der Waals surface area contributed by atoms with Gasteiger partial charge in [0.2, 0.25) is 0 Å². The van der Waals surface area contributed by atoms with Crippen LogP contribution in [0.25, 0.3) is 27.6 Å². The third-order valence-corrected chi connectivity index (χ3v) is 3.57. The number of aromatic amines is 1. The van der Waals surface area contributed by atoms with E-state index in [0.717, 1.165) is 27.8 Å². The van der Waals surface area contributed by atoms with Crippen molar-refractivity contribution in [2.45, 2.75) is 6.92 Å². The number of aliphatic carboxylic acids is 1. The van der Waals surface area contributed by atoms with Gasteiger partial charge in [0.15, 0.2) is 0 Å². The quantitative estimate of drug-likeness (QED) is 0.700. The Balaban J connectivity index is 1.94. The number of nitrogens with one attached hydrogen (secondary N) is 1. The summed E-state index contributed by atoms with van der Waals surface area (Å²) in [4.78, 5) is 13.9. The second kappa shape index (κ2) is 5.29. The number of H-pyrrole nitrogens is 1. The van der Waals surface area contributed by atoms with Crippen LogP contribution in [0.2, 0.25) is 0 Å². The Bertz CT molecular complexity index is 826. The predicted octanol–water partition coefficient (Wildman–Crippen LogP) is 4.32. The van der Waals surface area contributed by atoms with Gasteiger partial charge in [-0.05, 0) is 52.8 Å². The normalized spacial score (nSPS) is 11.8. The average molecular weight is 277 g/mol. The maximum Gasteiger partial charge on any atom is 0.328 e. The van der Waals surface area contributed by atoms with Crippen molar-refractivity contribution in [3.63, 3.8) is 0 Å². The van der Waals surface area contributed by atoms with Crippen LogP contribution in [0.3, 0.4) is 0 Å². The number of hydrogen-bond donors (Lipinski definition) is 2. The molecule has 0 bridgehead atoms. The zero-order valence-corrected chi connectivity index (χ0v) is 11.6. The van der Waals surface area contributed by atoms with E-state index in [9.17, 15) is 4.79 Å². The lowest BCUT2D eigenvalue weighted by molar-refractivity contribution is -0.131. The zero-order chi connectivity index (χ0) is 14.8. The minimum atomic E-state index is -0.922. The second-order valence-corrected chi connectivity index (χ2v) is 5.02. The molecule has 0 radical (unpaired) electrons. The van der Waals surface area contributed by atoms with Crippen LogP contribution in [-0.2, 0) is 4.79 Å². The van der Waals surface area contributed by atoms with E-state index in [1.807, 2.05) is 36.5 Å². The fourth-order valence-electron chi connectivity index (χ4n) is 2.43. The summed E-state index contributed by atoms with van der Waals surface area (Å²) in [6.45, 7) is 1.80. The number of hydrogen-bond acceptors (Lipinski definition) is 1. The molecule has 0 aliphatic rings. The number of carboxylic acids is 1. The molecule has 3 aromatic rings. The van der Waals surface area contributed by atoms with Crippen molar-refractivity contribution in [3.8, 4) is 11.1 Å². The predicted molar refractivity (Wildman–Crippen MR) is 85.0 cm³/mol. The van der Waals surface area contributed by atoms with E-state index in [1.165, 1.54) is 11.5 Å². The van der Waals surface area contributed by atoms with E-state index in [1.54, 1.807) is 6.92 Å². The lowest BCUT2D eigenvalue weighted by Gasteiger charge is -2.05. The molecule has 1 heterocycles. The highest BCUT2D eigenvalue weighted by Crippen LogP contribution is 2.25. The van der Waals surface area contributed by atoms with E-state index < -0.39 is 5.97 Å². The largest absolute Gasteiger partial charge is 0.478 e. The van der Waals surface area contributed by atoms with Gasteiger partial charge >= 0.3 is 5.97 Å². The Morgan fingerprint density at radius 2 is 1.76 bits per heavy atom. The molecule has 104 valence electrons. The molecular formula is C18H15NO2. The zero-order valence-electron chi connectivity index (χ0n) is 11.6. The van der Waals surface area contributed by atoms with Gasteiger partial charge in [-0.3, -0.25) is 0 Å². The van der Waals surface area contributed by atoms with Crippen LogP contribution in [0.5, 0.6) is 0 Å². The van der Waals surface area contributed by atoms with Gasteiger partial charge in [0.25, 0.3) is 0 Å². The molecule has 2 N–H and O–H groups in total. The first-order valence-electron chi connectivity index (χ1n) is 6.73. The topological polar surface area (TPSA) is 53.1 Å². The maximum absolute atomic E-state index is 10.7. The molecule has 0 amide bonds. The first kappa shape index (κ1) is 13.2. The molecule has 2 aromatic carbocycles. The highest BCUT2D eigenvalue weighted by atomic mass is 16.4. The lowest BCUT2D eigenvalue weighted by atomic mass is 10.00. The highest BCUT2D eigenvalue weighted by Gasteiger charge is 2.02. The van der Waals surface area contributed by atoms with Gasteiger partial charge in [0, 0.05) is 17.8 Å². The SMILES string of the molecule is C/C(=C\C(=O)O)c1ccc(-c2ccc3[nH]ccc3c2)cc1. The molecule has 3 nitrogen and oxygen atoms in total. The fraction of sp³-hybridized carbons (Fsp3) is 0.0556. The summed E-state index contributed by atoms with van der Waals surface area (Å²) in [6, 6.07) is 16.3. The minimum Gasteiger partial charge on any atom is -0.478 e. The van der Waals surface area contributed by atoms with E-state index in [2.05, 4.69) is 23.2 Å². The summed E-state index contributed by atoms with van der Waals surface area (Å²) in [5, 5.41) is 9.96. The molecular weight excluding hydrogens is 262 g/mol. The van der Waals surface area contributed by atoms with Gasteiger partial charge in [-0.25, -0.2) is 4.79 Å². The summed E-state index contributed by atoms with van der Waals surface area (Å²) in [5.41, 5.74) is 5.05. The van der Waals surface area contributed by atoms with Gasteiger partial charge in [-0.1, -0.05) is 30.3 Å². The number of benzene rings is 2. The maximum atomic E-state index is 10.7. The third kappa shape index (κ3) is 2.72. The van der Waals surface area contributed by atoms with Crippen LogP contribution in [0, 0.1) is 0 Å². The van der Waals surface area contributed by atoms with E-state index in [-0.39, 0.29) is 0 Å². The second-order valence-electron chi connectivity index (χ2n) is 5.02. The molecule has 3 rings (SSSR count). The lowest BCUT2D eigenvalue weighted by Crippen LogP contribution is -1.90. The summed E-state index contributed by atoms with van der Waals surface area (Å²) >= 11 is 0. The van der Waals surface area contributed by atoms with Crippen LogP contribution in [-0.4, -0.2) is 16.1 Å². The van der Waals surface area contributed by atoms with E-state index in [0.29, 0.717) is 0 Å². The van der Waals surface area contributed by atoms with Crippen molar-refractivity contribution in [1.29, 1.82) is 0 Å². The Morgan fingerprint density at radius 3 is 2.48 bits per heavy atom. The third-order valence-electron chi connectivity index (χ3n) is 3.57. The van der Waals surface area contributed by atoms with Crippen LogP contribution in [0.15, 0.2) is 60.8 Å². The first-order valence-corrected chi connectivity index (χ1v) is 6.73. The number of allylic oxidation sites excluding steroid dienone is 1. The summed E-state index contributed by atoms with van der Waals surface area (Å²) in [6.07, 6.45) is 3.15. The number of aromatic nitrogens is 1. The van der Waals surface area contributed by atoms with Crippen LogP contribution >= 0.6 is 0 Å². The monoisotopic (exact) mass is 277 g/mol. The Morgan fingerprint density at radius 1 is 1.05 bits per heavy atom. The standard InChI is InChI=1S/C18H15NO2/c1-12(10-18(20)21)13-2-4-14(5-3-13)15-6-7-17-16(11-15)8-9-19-17/h2-11,19H,1H3,(H,20,21)/b12-10+. The van der Waals surface area contributed by atoms with Gasteiger partial charge in [-0.15, -0.1) is 0 Å². The van der Waals surface area contributed by atoms with Crippen molar-refractivity contribution >= 4 is 22.4 Å². The van der Waals surface area contributed by atoms with Crippen molar-refractivity contribution in [2.24, 2.45) is 0 Å². The Hall–Kier alpha value is -2.81. The van der Waals surface area contributed by atoms with Crippen LogP contribution < -0.4 is 0 Å².